The zero-order valence-corrected chi connectivity index (χ0v) is 10.4. The van der Waals surface area contributed by atoms with E-state index in [0.29, 0.717) is 29.7 Å². The molecule has 3 fully saturated rings. The largest absolute Gasteiger partial charge is 0.339 e. The molecule has 2 bridgehead atoms. The molecule has 4 atom stereocenters. The van der Waals surface area contributed by atoms with Crippen molar-refractivity contribution in [1.82, 2.24) is 10.2 Å². The molecule has 0 aromatic carbocycles. The van der Waals surface area contributed by atoms with Crippen LogP contribution >= 0.6 is 0 Å². The van der Waals surface area contributed by atoms with Crippen molar-refractivity contribution in [1.29, 1.82) is 0 Å². The van der Waals surface area contributed by atoms with Gasteiger partial charge in [-0.25, -0.2) is 0 Å². The smallest absolute Gasteiger partial charge is 0.223 e. The summed E-state index contributed by atoms with van der Waals surface area (Å²) >= 11 is 0. The number of allylic oxidation sites excluding steroid dienone is 1. The fourth-order valence-electron chi connectivity index (χ4n) is 3.98. The van der Waals surface area contributed by atoms with Crippen molar-refractivity contribution in [3.05, 3.63) is 12.7 Å². The lowest BCUT2D eigenvalue weighted by Crippen LogP contribution is -2.60. The molecule has 17 heavy (non-hydrogen) atoms. The van der Waals surface area contributed by atoms with E-state index in [1.165, 1.54) is 12.8 Å². The maximum Gasteiger partial charge on any atom is 0.223 e. The summed E-state index contributed by atoms with van der Waals surface area (Å²) < 4.78 is 0. The number of carbonyl (C=O) groups is 1. The summed E-state index contributed by atoms with van der Waals surface area (Å²) in [7, 11) is 0. The number of nitrogens with one attached hydrogen (secondary N) is 1. The highest BCUT2D eigenvalue weighted by Crippen LogP contribution is 2.38. The van der Waals surface area contributed by atoms with Gasteiger partial charge < -0.3 is 10.2 Å². The molecule has 0 saturated carbocycles. The van der Waals surface area contributed by atoms with Crippen LogP contribution in [0.5, 0.6) is 0 Å². The first-order chi connectivity index (χ1) is 8.28. The van der Waals surface area contributed by atoms with Gasteiger partial charge in [0.1, 0.15) is 0 Å². The van der Waals surface area contributed by atoms with Crippen molar-refractivity contribution >= 4 is 5.91 Å². The van der Waals surface area contributed by atoms with E-state index >= 15 is 0 Å². The van der Waals surface area contributed by atoms with Gasteiger partial charge in [-0.3, -0.25) is 4.79 Å². The van der Waals surface area contributed by atoms with Crippen molar-refractivity contribution in [3.8, 4) is 0 Å². The van der Waals surface area contributed by atoms with Crippen LogP contribution in [0.3, 0.4) is 0 Å². The standard InChI is InChI=1S/C14H22N2O/c1-2-3-10-5-13-12-4-11(7-15-8-12)9-16(13)14(17)6-10/h2,10-13,15H,1,3-9H2. The van der Waals surface area contributed by atoms with Gasteiger partial charge in [0.25, 0.3) is 0 Å². The summed E-state index contributed by atoms with van der Waals surface area (Å²) in [5.41, 5.74) is 0. The third-order valence-corrected chi connectivity index (χ3v) is 4.73. The Morgan fingerprint density at radius 1 is 1.41 bits per heavy atom. The average Bonchev–Trinajstić information content (AvgIpc) is 2.32. The molecule has 4 unspecified atom stereocenters. The van der Waals surface area contributed by atoms with E-state index in [9.17, 15) is 4.79 Å². The van der Waals surface area contributed by atoms with Gasteiger partial charge in [0.05, 0.1) is 0 Å². The second kappa shape index (κ2) is 4.45. The summed E-state index contributed by atoms with van der Waals surface area (Å²) in [5, 5.41) is 3.52. The second-order valence-electron chi connectivity index (χ2n) is 5.96. The minimum absolute atomic E-state index is 0.393. The number of hydrogen-bond acceptors (Lipinski definition) is 2. The van der Waals surface area contributed by atoms with Gasteiger partial charge in [-0.05, 0) is 50.1 Å². The first-order valence-electron chi connectivity index (χ1n) is 6.89. The highest BCUT2D eigenvalue weighted by atomic mass is 16.2. The lowest BCUT2D eigenvalue weighted by Gasteiger charge is -2.51. The molecule has 0 radical (unpaired) electrons. The number of carbonyl (C=O) groups excluding carboxylic acids is 1. The van der Waals surface area contributed by atoms with Gasteiger partial charge in [-0.15, -0.1) is 6.58 Å². The van der Waals surface area contributed by atoms with Gasteiger partial charge in [-0.1, -0.05) is 6.08 Å². The fourth-order valence-corrected chi connectivity index (χ4v) is 3.98. The van der Waals surface area contributed by atoms with E-state index < -0.39 is 0 Å². The Hall–Kier alpha value is -0.830. The Labute approximate surface area is 103 Å². The summed E-state index contributed by atoms with van der Waals surface area (Å²) in [4.78, 5) is 14.4. The van der Waals surface area contributed by atoms with E-state index in [4.69, 9.17) is 0 Å². The Morgan fingerprint density at radius 3 is 3.12 bits per heavy atom. The van der Waals surface area contributed by atoms with Crippen molar-refractivity contribution in [3.63, 3.8) is 0 Å². The summed E-state index contributed by atoms with van der Waals surface area (Å²) in [5.74, 6) is 2.33. The second-order valence-corrected chi connectivity index (χ2v) is 5.96. The predicted octanol–water partition coefficient (Wildman–Crippen LogP) is 1.41. The molecule has 1 amide bonds. The van der Waals surface area contributed by atoms with Crippen LogP contribution < -0.4 is 5.32 Å². The average molecular weight is 234 g/mol. The van der Waals surface area contributed by atoms with Crippen LogP contribution in [0.25, 0.3) is 0 Å². The first kappa shape index (κ1) is 11.3. The van der Waals surface area contributed by atoms with Crippen molar-refractivity contribution in [2.75, 3.05) is 19.6 Å². The van der Waals surface area contributed by atoms with Crippen LogP contribution in [0, 0.1) is 17.8 Å². The third-order valence-electron chi connectivity index (χ3n) is 4.73. The number of piperidine rings is 3. The van der Waals surface area contributed by atoms with Gasteiger partial charge in [0, 0.05) is 19.0 Å². The maximum atomic E-state index is 12.2. The normalized spacial score (nSPS) is 40.9. The van der Waals surface area contributed by atoms with Gasteiger partial charge in [-0.2, -0.15) is 0 Å². The van der Waals surface area contributed by atoms with Crippen molar-refractivity contribution in [2.45, 2.75) is 31.7 Å². The molecular formula is C14H22N2O. The molecule has 0 spiro atoms. The van der Waals surface area contributed by atoms with Gasteiger partial charge in [0.15, 0.2) is 0 Å². The molecule has 3 aliphatic rings. The van der Waals surface area contributed by atoms with Gasteiger partial charge in [0.2, 0.25) is 5.91 Å². The van der Waals surface area contributed by atoms with Crippen LogP contribution in [0.2, 0.25) is 0 Å². The molecule has 3 heteroatoms. The fraction of sp³-hybridized carbons (Fsp3) is 0.786. The van der Waals surface area contributed by atoms with E-state index in [1.54, 1.807) is 0 Å². The summed E-state index contributed by atoms with van der Waals surface area (Å²) in [6.45, 7) is 7.01. The topological polar surface area (TPSA) is 32.3 Å². The molecule has 3 heterocycles. The Balaban J connectivity index is 1.76. The maximum absolute atomic E-state index is 12.2. The Bertz CT molecular complexity index is 328. The molecule has 0 aromatic heterocycles. The van der Waals surface area contributed by atoms with E-state index in [-0.39, 0.29) is 0 Å². The Morgan fingerprint density at radius 2 is 2.29 bits per heavy atom. The number of amides is 1. The van der Waals surface area contributed by atoms with E-state index in [1.807, 2.05) is 6.08 Å². The van der Waals surface area contributed by atoms with Crippen LogP contribution in [0.4, 0.5) is 0 Å². The molecule has 3 saturated heterocycles. The summed E-state index contributed by atoms with van der Waals surface area (Å²) in [6, 6.07) is 0.505. The molecule has 94 valence electrons. The van der Waals surface area contributed by atoms with Crippen LogP contribution in [0.15, 0.2) is 12.7 Å². The van der Waals surface area contributed by atoms with Crippen LogP contribution in [-0.2, 0) is 4.79 Å². The predicted molar refractivity (Wildman–Crippen MR) is 67.5 cm³/mol. The van der Waals surface area contributed by atoms with Crippen LogP contribution in [0.1, 0.15) is 25.7 Å². The molecule has 0 aliphatic carbocycles. The van der Waals surface area contributed by atoms with Crippen molar-refractivity contribution in [2.24, 2.45) is 17.8 Å². The van der Waals surface area contributed by atoms with E-state index in [0.717, 1.165) is 32.5 Å². The minimum atomic E-state index is 0.393. The molecule has 3 aliphatic heterocycles. The lowest BCUT2D eigenvalue weighted by molar-refractivity contribution is -0.145. The highest BCUT2D eigenvalue weighted by Gasteiger charge is 2.44. The first-order valence-corrected chi connectivity index (χ1v) is 6.89. The summed E-state index contributed by atoms with van der Waals surface area (Å²) in [6.07, 6.45) is 6.23. The SMILES string of the molecule is C=CCC1CC(=O)N2CC3CNCC(C3)C2C1. The molecular weight excluding hydrogens is 212 g/mol. The quantitative estimate of drug-likeness (QED) is 0.733. The van der Waals surface area contributed by atoms with Gasteiger partial charge >= 0.3 is 0 Å². The number of fused-ring (bicyclic) bond motifs is 4. The lowest BCUT2D eigenvalue weighted by atomic mass is 9.73. The number of rotatable bonds is 2. The molecule has 0 aromatic rings. The van der Waals surface area contributed by atoms with Crippen molar-refractivity contribution < 1.29 is 4.79 Å². The number of nitrogens with zero attached hydrogens (tertiary/aromatic N) is 1. The number of hydrogen-bond donors (Lipinski definition) is 1. The zero-order chi connectivity index (χ0) is 11.8. The third kappa shape index (κ3) is 2.01. The molecule has 3 nitrogen and oxygen atoms in total. The molecule has 3 rings (SSSR count). The molecule has 1 N–H and O–H groups in total. The van der Waals surface area contributed by atoms with E-state index in [2.05, 4.69) is 16.8 Å². The minimum Gasteiger partial charge on any atom is -0.339 e. The monoisotopic (exact) mass is 234 g/mol. The highest BCUT2D eigenvalue weighted by molar-refractivity contribution is 5.78. The van der Waals surface area contributed by atoms with Crippen LogP contribution in [-0.4, -0.2) is 36.5 Å². The Kier molecular flexibility index (Phi) is 2.95. The zero-order valence-electron chi connectivity index (χ0n) is 10.4.